The van der Waals surface area contributed by atoms with Crippen molar-refractivity contribution in [2.24, 2.45) is 0 Å². The van der Waals surface area contributed by atoms with Crippen LogP contribution in [0, 0.1) is 0 Å². The first-order valence-corrected chi connectivity index (χ1v) is 9.64. The average molecular weight is 349 g/mol. The van der Waals surface area contributed by atoms with Gasteiger partial charge in [0.25, 0.3) is 5.56 Å². The molecule has 2 N–H and O–H groups in total. The number of rotatable bonds is 6. The van der Waals surface area contributed by atoms with E-state index >= 15 is 0 Å². The van der Waals surface area contributed by atoms with Crippen LogP contribution in [0.1, 0.15) is 32.1 Å². The molecule has 5 nitrogen and oxygen atoms in total. The van der Waals surface area contributed by atoms with Crippen molar-refractivity contribution < 1.29 is 4.79 Å². The fourth-order valence-electron chi connectivity index (χ4n) is 2.59. The quantitative estimate of drug-likeness (QED) is 0.477. The predicted molar refractivity (Wildman–Crippen MR) is 95.1 cm³/mol. The van der Waals surface area contributed by atoms with E-state index in [1.54, 1.807) is 6.07 Å². The summed E-state index contributed by atoms with van der Waals surface area (Å²) >= 11 is 2.69. The molecule has 122 valence electrons. The van der Waals surface area contributed by atoms with Gasteiger partial charge in [0, 0.05) is 6.54 Å². The third-order valence-electron chi connectivity index (χ3n) is 3.81. The van der Waals surface area contributed by atoms with Crippen molar-refractivity contribution in [1.29, 1.82) is 0 Å². The number of aromatic nitrogens is 2. The third kappa shape index (κ3) is 4.45. The number of carbonyl (C=O) groups is 1. The molecule has 2 aromatic heterocycles. The molecule has 0 radical (unpaired) electrons. The van der Waals surface area contributed by atoms with E-state index in [4.69, 9.17) is 0 Å². The topological polar surface area (TPSA) is 74.8 Å². The second kappa shape index (κ2) is 7.79. The fraction of sp³-hybridized carbons (Fsp3) is 0.438. The van der Waals surface area contributed by atoms with Crippen LogP contribution in [0.4, 0.5) is 0 Å². The van der Waals surface area contributed by atoms with Crippen molar-refractivity contribution in [3.63, 3.8) is 0 Å². The second-order valence-electron chi connectivity index (χ2n) is 5.51. The zero-order valence-electron chi connectivity index (χ0n) is 12.8. The van der Waals surface area contributed by atoms with Crippen LogP contribution in [-0.4, -0.2) is 28.2 Å². The summed E-state index contributed by atoms with van der Waals surface area (Å²) in [4.78, 5) is 31.5. The van der Waals surface area contributed by atoms with Gasteiger partial charge in [0.2, 0.25) is 5.91 Å². The van der Waals surface area contributed by atoms with E-state index in [0.29, 0.717) is 21.9 Å². The summed E-state index contributed by atoms with van der Waals surface area (Å²) in [5.41, 5.74) is 1.31. The van der Waals surface area contributed by atoms with Crippen molar-refractivity contribution >= 4 is 39.2 Å². The van der Waals surface area contributed by atoms with E-state index in [1.807, 2.05) is 5.38 Å². The molecule has 0 unspecified atom stereocenters. The Morgan fingerprint density at radius 3 is 3.17 bits per heavy atom. The normalized spacial score (nSPS) is 14.7. The Kier molecular flexibility index (Phi) is 5.51. The molecule has 1 aliphatic carbocycles. The van der Waals surface area contributed by atoms with Crippen LogP contribution in [0.5, 0.6) is 0 Å². The molecule has 0 atom stereocenters. The largest absolute Gasteiger partial charge is 0.355 e. The Labute approximate surface area is 142 Å². The van der Waals surface area contributed by atoms with Gasteiger partial charge in [-0.25, -0.2) is 4.98 Å². The molecule has 1 amide bonds. The lowest BCUT2D eigenvalue weighted by Gasteiger charge is -2.12. The van der Waals surface area contributed by atoms with Crippen LogP contribution < -0.4 is 10.9 Å². The van der Waals surface area contributed by atoms with Crippen LogP contribution in [0.3, 0.4) is 0 Å². The Bertz CT molecular complexity index is 779. The van der Waals surface area contributed by atoms with Gasteiger partial charge >= 0.3 is 0 Å². The van der Waals surface area contributed by atoms with Crippen molar-refractivity contribution in [1.82, 2.24) is 15.3 Å². The number of hydrogen-bond donors (Lipinski definition) is 2. The highest BCUT2D eigenvalue weighted by Gasteiger charge is 2.09. The molecule has 2 heterocycles. The van der Waals surface area contributed by atoms with Gasteiger partial charge in [-0.3, -0.25) is 9.59 Å². The predicted octanol–water partition coefficient (Wildman–Crippen LogP) is 3.08. The first-order chi connectivity index (χ1) is 11.2. The number of hydrogen-bond acceptors (Lipinski definition) is 5. The zero-order valence-corrected chi connectivity index (χ0v) is 14.4. The molecule has 23 heavy (non-hydrogen) atoms. The molecule has 0 spiro atoms. The van der Waals surface area contributed by atoms with Crippen LogP contribution in [0.25, 0.3) is 10.2 Å². The third-order valence-corrected chi connectivity index (χ3v) is 5.49. The molecule has 0 fully saturated rings. The summed E-state index contributed by atoms with van der Waals surface area (Å²) in [6.45, 7) is 0.680. The highest BCUT2D eigenvalue weighted by Crippen LogP contribution is 2.20. The number of fused-ring (bicyclic) bond motifs is 1. The van der Waals surface area contributed by atoms with Gasteiger partial charge in [-0.1, -0.05) is 23.4 Å². The summed E-state index contributed by atoms with van der Waals surface area (Å²) in [6, 6.07) is 1.76. The Balaban J connectivity index is 1.46. The number of H-pyrrole nitrogens is 1. The number of thioether (sulfide) groups is 1. The first-order valence-electron chi connectivity index (χ1n) is 7.77. The van der Waals surface area contributed by atoms with Crippen molar-refractivity contribution in [2.45, 2.75) is 37.3 Å². The molecule has 0 aliphatic heterocycles. The second-order valence-corrected chi connectivity index (χ2v) is 7.37. The van der Waals surface area contributed by atoms with Crippen molar-refractivity contribution in [2.75, 3.05) is 12.3 Å². The number of nitrogens with zero attached hydrogens (tertiary/aromatic N) is 1. The smallest absolute Gasteiger partial charge is 0.260 e. The molecule has 0 aromatic carbocycles. The lowest BCUT2D eigenvalue weighted by Crippen LogP contribution is -2.26. The molecule has 3 rings (SSSR count). The Morgan fingerprint density at radius 1 is 1.43 bits per heavy atom. The molecule has 0 saturated carbocycles. The van der Waals surface area contributed by atoms with E-state index in [2.05, 4.69) is 21.4 Å². The van der Waals surface area contributed by atoms with E-state index in [-0.39, 0.29) is 17.2 Å². The molecular weight excluding hydrogens is 330 g/mol. The van der Waals surface area contributed by atoms with Gasteiger partial charge in [-0.15, -0.1) is 11.3 Å². The fourth-order valence-corrected chi connectivity index (χ4v) is 4.11. The zero-order chi connectivity index (χ0) is 16.1. The number of aromatic amines is 1. The Morgan fingerprint density at radius 2 is 2.35 bits per heavy atom. The molecule has 1 aliphatic rings. The van der Waals surface area contributed by atoms with Crippen molar-refractivity contribution in [3.8, 4) is 0 Å². The lowest BCUT2D eigenvalue weighted by molar-refractivity contribution is -0.118. The maximum atomic E-state index is 11.9. The minimum absolute atomic E-state index is 0.0275. The molecule has 2 aromatic rings. The maximum absolute atomic E-state index is 11.9. The van der Waals surface area contributed by atoms with Gasteiger partial charge in [-0.05, 0) is 43.6 Å². The van der Waals surface area contributed by atoms with Crippen molar-refractivity contribution in [3.05, 3.63) is 33.4 Å². The highest BCUT2D eigenvalue weighted by atomic mass is 32.2. The average Bonchev–Trinajstić information content (AvgIpc) is 3.03. The number of amides is 1. The summed E-state index contributed by atoms with van der Waals surface area (Å²) in [5.74, 6) is 0.235. The maximum Gasteiger partial charge on any atom is 0.260 e. The lowest BCUT2D eigenvalue weighted by atomic mass is 9.97. The monoisotopic (exact) mass is 349 g/mol. The number of nitrogens with one attached hydrogen (secondary N) is 2. The first kappa shape index (κ1) is 16.3. The molecule has 0 bridgehead atoms. The highest BCUT2D eigenvalue weighted by molar-refractivity contribution is 7.99. The Hall–Kier alpha value is -1.60. The molecule has 7 heteroatoms. The minimum atomic E-state index is -0.150. The standard InChI is InChI=1S/C16H19N3O2S2/c20-13(17-8-6-11-4-2-1-3-5-11)10-23-16-18-14(21)12-7-9-22-15(12)19-16/h4,7,9H,1-3,5-6,8,10H2,(H,17,20)(H,18,19,21). The summed E-state index contributed by atoms with van der Waals surface area (Å²) in [5, 5.41) is 5.87. The van der Waals surface area contributed by atoms with Gasteiger partial charge in [-0.2, -0.15) is 0 Å². The SMILES string of the molecule is O=C(CSc1nc2sccc2c(=O)[nH]1)NCCC1=CCCCC1. The summed E-state index contributed by atoms with van der Waals surface area (Å²) < 4.78 is 0. The number of allylic oxidation sites excluding steroid dienone is 1. The van der Waals surface area contributed by atoms with Gasteiger partial charge in [0.1, 0.15) is 4.83 Å². The van der Waals surface area contributed by atoms with Crippen LogP contribution in [-0.2, 0) is 4.79 Å². The summed E-state index contributed by atoms with van der Waals surface area (Å²) in [7, 11) is 0. The van der Waals surface area contributed by atoms with E-state index in [0.717, 1.165) is 12.8 Å². The van der Waals surface area contributed by atoms with Crippen LogP contribution in [0.15, 0.2) is 33.0 Å². The van der Waals surface area contributed by atoms with E-state index in [9.17, 15) is 9.59 Å². The van der Waals surface area contributed by atoms with Crippen LogP contribution >= 0.6 is 23.1 Å². The molecular formula is C16H19N3O2S2. The van der Waals surface area contributed by atoms with E-state index in [1.165, 1.54) is 47.9 Å². The molecule has 0 saturated heterocycles. The summed E-state index contributed by atoms with van der Waals surface area (Å²) in [6.07, 6.45) is 8.12. The van der Waals surface area contributed by atoms with Gasteiger partial charge in [0.05, 0.1) is 11.1 Å². The van der Waals surface area contributed by atoms with Gasteiger partial charge < -0.3 is 10.3 Å². The van der Waals surface area contributed by atoms with Crippen LogP contribution in [0.2, 0.25) is 0 Å². The number of thiophene rings is 1. The van der Waals surface area contributed by atoms with Gasteiger partial charge in [0.15, 0.2) is 5.16 Å². The number of carbonyl (C=O) groups excluding carboxylic acids is 1. The minimum Gasteiger partial charge on any atom is -0.355 e. The van der Waals surface area contributed by atoms with E-state index < -0.39 is 0 Å².